The number of esters is 1. The van der Waals surface area contributed by atoms with Gasteiger partial charge in [-0.2, -0.15) is 0 Å². The van der Waals surface area contributed by atoms with E-state index in [1.165, 1.54) is 36.9 Å². The predicted molar refractivity (Wildman–Crippen MR) is 271 cm³/mol. The highest BCUT2D eigenvalue weighted by atomic mass is 16.6. The monoisotopic (exact) mass is 1050 g/mol. The Labute approximate surface area is 441 Å². The summed E-state index contributed by atoms with van der Waals surface area (Å²) in [4.78, 5) is 26.5. The van der Waals surface area contributed by atoms with Crippen molar-refractivity contribution < 1.29 is 67.5 Å². The van der Waals surface area contributed by atoms with E-state index in [4.69, 9.17) is 47.7 Å². The summed E-state index contributed by atoms with van der Waals surface area (Å²) in [5, 5.41) is 46.2. The Morgan fingerprint density at radius 2 is 1.32 bits per heavy atom. The van der Waals surface area contributed by atoms with E-state index in [2.05, 4.69) is 45.4 Å². The molecule has 1 spiro atoms. The van der Waals surface area contributed by atoms with Crippen LogP contribution in [0.1, 0.15) is 108 Å². The third-order valence-electron chi connectivity index (χ3n) is 16.9. The molecule has 8 rings (SSSR count). The molecule has 0 amide bonds. The number of ether oxygens (including phenoxy) is 9. The minimum Gasteiger partial charge on any atom is -0.485 e. The number of nitrogens with zero attached hydrogens (tertiary/aromatic N) is 7. The molecular weight excluding hydrogens is 971 g/mol. The second kappa shape index (κ2) is 26.5. The smallest absolute Gasteiger partial charge is 0.313 e. The topological polar surface area (TPSA) is 243 Å². The molecule has 5 unspecified atom stereocenters. The van der Waals surface area contributed by atoms with Gasteiger partial charge in [-0.05, 0) is 86.8 Å². The number of carboxylic acid groups (broad SMARTS) is 1. The molecule has 2 saturated carbocycles. The minimum absolute atomic E-state index is 0.0407. The fourth-order valence-corrected chi connectivity index (χ4v) is 11.9. The molecular formula is C54H83N7O14. The lowest BCUT2D eigenvalue weighted by molar-refractivity contribution is -0.138. The van der Waals surface area contributed by atoms with Crippen molar-refractivity contribution in [1.29, 1.82) is 0 Å². The van der Waals surface area contributed by atoms with Gasteiger partial charge >= 0.3 is 11.9 Å². The summed E-state index contributed by atoms with van der Waals surface area (Å²) < 4.78 is 56.8. The van der Waals surface area contributed by atoms with Gasteiger partial charge in [-0.25, -0.2) is 9.36 Å². The summed E-state index contributed by atoms with van der Waals surface area (Å²) in [5.41, 5.74) is 2.74. The van der Waals surface area contributed by atoms with Gasteiger partial charge in [0.1, 0.15) is 17.5 Å². The highest BCUT2D eigenvalue weighted by Crippen LogP contribution is 2.70. The van der Waals surface area contributed by atoms with Crippen LogP contribution in [0, 0.1) is 28.1 Å². The van der Waals surface area contributed by atoms with Gasteiger partial charge in [-0.1, -0.05) is 44.2 Å². The molecule has 21 nitrogen and oxygen atoms in total. The number of carbonyl (C=O) groups excluding carboxylic acids is 1. The van der Waals surface area contributed by atoms with Crippen molar-refractivity contribution in [3.63, 3.8) is 0 Å². The number of likely N-dealkylation sites (tertiary alicyclic amines) is 1. The van der Waals surface area contributed by atoms with Gasteiger partial charge in [0, 0.05) is 34.4 Å². The molecule has 1 saturated heterocycles. The summed E-state index contributed by atoms with van der Waals surface area (Å²) in [6.07, 6.45) is 12.2. The minimum atomic E-state index is -0.901. The normalized spacial score (nSPS) is 24.4. The fraction of sp³-hybridized carbons (Fsp3) is 0.778. The zero-order valence-electron chi connectivity index (χ0n) is 44.8. The lowest BCUT2D eigenvalue weighted by Gasteiger charge is -2.65. The number of aliphatic hydroxyl groups excluding tert-OH is 2. The third kappa shape index (κ3) is 13.8. The second-order valence-corrected chi connectivity index (χ2v) is 22.0. The molecule has 1 aromatic carbocycles. The van der Waals surface area contributed by atoms with Gasteiger partial charge in [-0.3, -0.25) is 14.5 Å². The quantitative estimate of drug-likeness (QED) is 0.0411. The van der Waals surface area contributed by atoms with Crippen molar-refractivity contribution in [1.82, 2.24) is 34.9 Å². The van der Waals surface area contributed by atoms with E-state index >= 15 is 0 Å². The van der Waals surface area contributed by atoms with Gasteiger partial charge in [0.15, 0.2) is 11.5 Å². The first-order chi connectivity index (χ1) is 36.4. The van der Waals surface area contributed by atoms with Gasteiger partial charge in [0.2, 0.25) is 0 Å². The molecule has 0 radical (unpaired) electrons. The molecule has 2 aliphatic heterocycles. The van der Waals surface area contributed by atoms with E-state index in [-0.39, 0.29) is 102 Å². The Kier molecular flexibility index (Phi) is 20.1. The molecule has 2 bridgehead atoms. The summed E-state index contributed by atoms with van der Waals surface area (Å²) in [7, 11) is 0. The first kappa shape index (κ1) is 57.0. The number of aromatic nitrogens is 6. The number of aliphatic carboxylic acids is 1. The summed E-state index contributed by atoms with van der Waals surface area (Å²) >= 11 is 0. The number of rotatable bonds is 37. The van der Waals surface area contributed by atoms with Crippen LogP contribution in [0.5, 0.6) is 11.5 Å². The van der Waals surface area contributed by atoms with E-state index in [1.54, 1.807) is 21.8 Å². The number of piperidine rings is 1. The summed E-state index contributed by atoms with van der Waals surface area (Å²) in [6.45, 7) is 15.6. The van der Waals surface area contributed by atoms with E-state index in [1.807, 2.05) is 19.9 Å². The zero-order chi connectivity index (χ0) is 52.9. The molecule has 3 aliphatic carbocycles. The maximum absolute atomic E-state index is 13.2. The summed E-state index contributed by atoms with van der Waals surface area (Å²) in [5.74, 6) is 1.41. The van der Waals surface area contributed by atoms with Crippen molar-refractivity contribution in [2.24, 2.45) is 28.1 Å². The number of aliphatic hydroxyl groups is 2. The summed E-state index contributed by atoms with van der Waals surface area (Å²) in [6, 6.07) is 4.68. The fourth-order valence-electron chi connectivity index (χ4n) is 11.9. The molecule has 3 fully saturated rings. The van der Waals surface area contributed by atoms with Gasteiger partial charge < -0.3 is 58.0 Å². The standard InChI is InChI=1S/C54H83N7O14/c1-5-52(33-62,35-71-31-42-29-60(57-55-42)17-21-69-25-23-67-19-12-46(64)65)37-73-38-53(6-2,34-63)36-72-32-43-30-61(58-56-43)18-22-70-26-24-68-20-13-47(66)74-44-10-9-41-27-45-51(4)14-11-39(3)50-54(51,48(41)49(44)75-50)15-16-59(45)28-40-7-8-40/h9-10,29-30,39-40,45,50,62-63H,5-8,11-28,31-38H2,1-4H3,(H,64,65)/t39?,45?,50-,51-,52?,53?,54?/m0/s1. The number of carbonyl (C=O) groups is 2. The Morgan fingerprint density at radius 1 is 0.747 bits per heavy atom. The molecule has 7 atom stereocenters. The lowest BCUT2D eigenvalue weighted by Crippen LogP contribution is -2.71. The van der Waals surface area contributed by atoms with Gasteiger partial charge in [0.05, 0.1) is 144 Å². The van der Waals surface area contributed by atoms with E-state index in [0.29, 0.717) is 94.7 Å². The SMILES string of the molecule is CCC(CO)(COCc1cn(CCOCCOCCC(=O)O)nn1)COCC(CC)(CO)COCc1cn(CCOCCOCCC(=O)Oc2ccc3c4c2O[C@H]2C(C)CC[C@@]5(C)C(C3)N(CC3CC3)CCC425)nn1. The van der Waals surface area contributed by atoms with Crippen molar-refractivity contribution >= 4 is 11.9 Å². The molecule has 75 heavy (non-hydrogen) atoms. The van der Waals surface area contributed by atoms with Crippen LogP contribution in [0.2, 0.25) is 0 Å². The van der Waals surface area contributed by atoms with Crippen LogP contribution in [0.25, 0.3) is 0 Å². The molecule has 3 aromatic rings. The van der Waals surface area contributed by atoms with E-state index < -0.39 is 16.8 Å². The largest absolute Gasteiger partial charge is 0.485 e. The van der Waals surface area contributed by atoms with E-state index in [0.717, 1.165) is 37.5 Å². The van der Waals surface area contributed by atoms with Crippen LogP contribution in [0.3, 0.4) is 0 Å². The second-order valence-electron chi connectivity index (χ2n) is 22.0. The van der Waals surface area contributed by atoms with Crippen molar-refractivity contribution in [2.45, 2.75) is 136 Å². The average molecular weight is 1050 g/mol. The Morgan fingerprint density at radius 3 is 1.88 bits per heavy atom. The number of carboxylic acids is 1. The predicted octanol–water partition coefficient (Wildman–Crippen LogP) is 4.41. The molecule has 2 aromatic heterocycles. The van der Waals surface area contributed by atoms with Crippen molar-refractivity contribution in [3.05, 3.63) is 47.0 Å². The maximum atomic E-state index is 13.2. The number of hydrogen-bond donors (Lipinski definition) is 3. The van der Waals surface area contributed by atoms with E-state index in [9.17, 15) is 19.8 Å². The highest BCUT2D eigenvalue weighted by Gasteiger charge is 2.70. The first-order valence-corrected chi connectivity index (χ1v) is 27.4. The van der Waals surface area contributed by atoms with Crippen LogP contribution < -0.4 is 9.47 Å². The Hall–Kier alpha value is -4.16. The third-order valence-corrected chi connectivity index (χ3v) is 16.9. The van der Waals surface area contributed by atoms with Gasteiger partial charge in [0.25, 0.3) is 0 Å². The maximum Gasteiger partial charge on any atom is 0.313 e. The Balaban J connectivity index is 0.680. The first-order valence-electron chi connectivity index (χ1n) is 27.4. The lowest BCUT2D eigenvalue weighted by atomic mass is 9.43. The van der Waals surface area contributed by atoms with Crippen molar-refractivity contribution in [3.8, 4) is 11.5 Å². The number of benzene rings is 1. The Bertz CT molecular complexity index is 2280. The van der Waals surface area contributed by atoms with Crippen molar-refractivity contribution in [2.75, 3.05) is 106 Å². The molecule has 21 heteroatoms. The van der Waals surface area contributed by atoms with Crippen LogP contribution in [0.4, 0.5) is 0 Å². The molecule has 3 N–H and O–H groups in total. The van der Waals surface area contributed by atoms with Crippen LogP contribution in [0.15, 0.2) is 24.5 Å². The van der Waals surface area contributed by atoms with Crippen LogP contribution >= 0.6 is 0 Å². The number of hydrogen-bond acceptors (Lipinski definition) is 18. The molecule has 4 heterocycles. The van der Waals surface area contributed by atoms with Crippen LogP contribution in [-0.4, -0.2) is 180 Å². The molecule has 418 valence electrons. The molecule has 5 aliphatic rings. The average Bonchev–Trinajstić information content (AvgIpc) is 3.91. The zero-order valence-corrected chi connectivity index (χ0v) is 44.8. The van der Waals surface area contributed by atoms with Crippen LogP contribution in [-0.2, 0) is 80.9 Å². The van der Waals surface area contributed by atoms with Gasteiger partial charge in [-0.15, -0.1) is 10.2 Å². The highest BCUT2D eigenvalue weighted by molar-refractivity contribution is 5.75.